The Morgan fingerprint density at radius 2 is 2.11 bits per heavy atom. The lowest BCUT2D eigenvalue weighted by Gasteiger charge is -2.15. The fraction of sp³-hybridized carbons (Fsp3) is 0.533. The van der Waals surface area contributed by atoms with Crippen LogP contribution in [0.5, 0.6) is 5.75 Å². The first kappa shape index (κ1) is 14.5. The molecule has 0 spiro atoms. The number of benzene rings is 1. The van der Waals surface area contributed by atoms with Gasteiger partial charge in [-0.15, -0.1) is 0 Å². The number of ketones is 1. The van der Waals surface area contributed by atoms with E-state index < -0.39 is 0 Å². The molecule has 0 radical (unpaired) electrons. The monoisotopic (exact) mass is 325 g/mol. The molecule has 1 saturated heterocycles. The second-order valence-electron chi connectivity index (χ2n) is 4.95. The lowest BCUT2D eigenvalue weighted by atomic mass is 10.1. The highest BCUT2D eigenvalue weighted by Crippen LogP contribution is 2.24. The first-order valence-electron chi connectivity index (χ1n) is 6.82. The van der Waals surface area contributed by atoms with E-state index >= 15 is 0 Å². The minimum absolute atomic E-state index is 0.0436. The maximum Gasteiger partial charge on any atom is 0.163 e. The number of hydrogen-bond donors (Lipinski definition) is 0. The summed E-state index contributed by atoms with van der Waals surface area (Å²) in [5.74, 6) is 0.727. The van der Waals surface area contributed by atoms with E-state index in [-0.39, 0.29) is 5.78 Å². The van der Waals surface area contributed by atoms with Crippen molar-refractivity contribution in [3.8, 4) is 5.75 Å². The Hall–Kier alpha value is -0.870. The van der Waals surface area contributed by atoms with Crippen molar-refractivity contribution in [2.75, 3.05) is 26.2 Å². The zero-order valence-electron chi connectivity index (χ0n) is 11.3. The third kappa shape index (κ3) is 4.32. The van der Waals surface area contributed by atoms with Crippen LogP contribution >= 0.6 is 15.9 Å². The molecule has 0 aromatic heterocycles. The van der Waals surface area contributed by atoms with Gasteiger partial charge in [0.25, 0.3) is 0 Å². The van der Waals surface area contributed by atoms with Crippen LogP contribution in [0.2, 0.25) is 0 Å². The number of rotatable bonds is 6. The highest BCUT2D eigenvalue weighted by molar-refractivity contribution is 9.10. The van der Waals surface area contributed by atoms with Crippen LogP contribution in [-0.4, -0.2) is 36.9 Å². The van der Waals surface area contributed by atoms with E-state index in [1.54, 1.807) is 6.92 Å². The van der Waals surface area contributed by atoms with Gasteiger partial charge in [0.15, 0.2) is 5.78 Å². The van der Waals surface area contributed by atoms with E-state index in [1.807, 2.05) is 18.2 Å². The third-order valence-corrected chi connectivity index (χ3v) is 3.89. The lowest BCUT2D eigenvalue weighted by molar-refractivity contribution is 0.101. The van der Waals surface area contributed by atoms with Crippen LogP contribution in [0.15, 0.2) is 22.7 Å². The Balaban J connectivity index is 1.84. The molecule has 1 aromatic rings. The molecule has 3 nitrogen and oxygen atoms in total. The van der Waals surface area contributed by atoms with E-state index in [0.29, 0.717) is 17.9 Å². The molecule has 4 heteroatoms. The van der Waals surface area contributed by atoms with Crippen LogP contribution in [0.4, 0.5) is 0 Å². The van der Waals surface area contributed by atoms with Crippen molar-refractivity contribution in [3.05, 3.63) is 28.2 Å². The fourth-order valence-corrected chi connectivity index (χ4v) is 2.72. The van der Waals surface area contributed by atoms with Crippen LogP contribution in [0.3, 0.4) is 0 Å². The van der Waals surface area contributed by atoms with Gasteiger partial charge in [-0.2, -0.15) is 0 Å². The zero-order chi connectivity index (χ0) is 13.7. The third-order valence-electron chi connectivity index (χ3n) is 3.40. The van der Waals surface area contributed by atoms with Crippen LogP contribution in [0, 0.1) is 0 Å². The number of Topliss-reactive ketones (excluding diaryl/α,β-unsaturated/α-hetero) is 1. The predicted octanol–water partition coefficient (Wildman–Crippen LogP) is 3.52. The highest BCUT2D eigenvalue weighted by Gasteiger charge is 2.12. The zero-order valence-corrected chi connectivity index (χ0v) is 12.9. The van der Waals surface area contributed by atoms with Crippen LogP contribution in [0.25, 0.3) is 0 Å². The molecule has 2 rings (SSSR count). The summed E-state index contributed by atoms with van der Waals surface area (Å²) in [6, 6.07) is 5.54. The Labute approximate surface area is 123 Å². The summed E-state index contributed by atoms with van der Waals surface area (Å²) in [6.45, 7) is 5.75. The largest absolute Gasteiger partial charge is 0.493 e. The number of likely N-dealkylation sites (tertiary alicyclic amines) is 1. The van der Waals surface area contributed by atoms with Crippen molar-refractivity contribution in [1.82, 2.24) is 4.90 Å². The summed E-state index contributed by atoms with van der Waals surface area (Å²) in [6.07, 6.45) is 3.64. The highest BCUT2D eigenvalue weighted by atomic mass is 79.9. The molecule has 1 fully saturated rings. The Kier molecular flexibility index (Phi) is 5.40. The van der Waals surface area contributed by atoms with Crippen molar-refractivity contribution in [2.45, 2.75) is 26.2 Å². The van der Waals surface area contributed by atoms with E-state index in [0.717, 1.165) is 17.4 Å². The van der Waals surface area contributed by atoms with Gasteiger partial charge in [-0.3, -0.25) is 4.79 Å². The van der Waals surface area contributed by atoms with Crippen molar-refractivity contribution in [3.63, 3.8) is 0 Å². The van der Waals surface area contributed by atoms with Gasteiger partial charge >= 0.3 is 0 Å². The normalized spacial score (nSPS) is 15.7. The van der Waals surface area contributed by atoms with Crippen molar-refractivity contribution < 1.29 is 9.53 Å². The quantitative estimate of drug-likeness (QED) is 0.592. The molecule has 104 valence electrons. The Morgan fingerprint density at radius 3 is 2.79 bits per heavy atom. The summed E-state index contributed by atoms with van der Waals surface area (Å²) in [4.78, 5) is 14.0. The molecule has 19 heavy (non-hydrogen) atoms. The molecule has 0 aliphatic carbocycles. The van der Waals surface area contributed by atoms with E-state index in [1.165, 1.54) is 25.9 Å². The summed E-state index contributed by atoms with van der Waals surface area (Å²) in [5.41, 5.74) is 0.657. The molecule has 0 N–H and O–H groups in total. The maximum absolute atomic E-state index is 11.5. The summed E-state index contributed by atoms with van der Waals surface area (Å²) >= 11 is 3.41. The molecule has 1 aliphatic rings. The lowest BCUT2D eigenvalue weighted by Crippen LogP contribution is -2.22. The van der Waals surface area contributed by atoms with Crippen LogP contribution in [0.1, 0.15) is 36.5 Å². The van der Waals surface area contributed by atoms with Crippen molar-refractivity contribution >= 4 is 21.7 Å². The predicted molar refractivity (Wildman–Crippen MR) is 79.9 cm³/mol. The number of nitrogens with zero attached hydrogens (tertiary/aromatic N) is 1. The molecule has 0 bridgehead atoms. The molecule has 0 saturated carbocycles. The molecule has 0 unspecified atom stereocenters. The summed E-state index contributed by atoms with van der Waals surface area (Å²) < 4.78 is 6.70. The number of carbonyl (C=O) groups excluding carboxylic acids is 1. The van der Waals surface area contributed by atoms with Gasteiger partial charge in [0.2, 0.25) is 0 Å². The van der Waals surface area contributed by atoms with E-state index in [9.17, 15) is 4.79 Å². The maximum atomic E-state index is 11.5. The van der Waals surface area contributed by atoms with Gasteiger partial charge in [0.05, 0.1) is 12.2 Å². The van der Waals surface area contributed by atoms with Crippen LogP contribution < -0.4 is 4.74 Å². The molecule has 1 heterocycles. The second-order valence-corrected chi connectivity index (χ2v) is 5.86. The van der Waals surface area contributed by atoms with E-state index in [4.69, 9.17) is 4.74 Å². The SMILES string of the molecule is CC(=O)c1ccc(Br)cc1OCCCN1CCCC1. The van der Waals surface area contributed by atoms with Gasteiger partial charge in [-0.1, -0.05) is 15.9 Å². The Bertz CT molecular complexity index is 442. The average Bonchev–Trinajstić information content (AvgIpc) is 2.87. The average molecular weight is 326 g/mol. The number of ether oxygens (including phenoxy) is 1. The number of hydrogen-bond acceptors (Lipinski definition) is 3. The van der Waals surface area contributed by atoms with Gasteiger partial charge in [0, 0.05) is 11.0 Å². The smallest absolute Gasteiger partial charge is 0.163 e. The number of carbonyl (C=O) groups is 1. The summed E-state index contributed by atoms with van der Waals surface area (Å²) in [7, 11) is 0. The molecule has 0 atom stereocenters. The minimum atomic E-state index is 0.0436. The number of halogens is 1. The van der Waals surface area contributed by atoms with Gasteiger partial charge in [-0.25, -0.2) is 0 Å². The first-order valence-corrected chi connectivity index (χ1v) is 7.62. The first-order chi connectivity index (χ1) is 9.16. The van der Waals surface area contributed by atoms with Gasteiger partial charge < -0.3 is 9.64 Å². The van der Waals surface area contributed by atoms with Gasteiger partial charge in [0.1, 0.15) is 5.75 Å². The summed E-state index contributed by atoms with van der Waals surface area (Å²) in [5, 5.41) is 0. The van der Waals surface area contributed by atoms with Gasteiger partial charge in [-0.05, 0) is 57.5 Å². The minimum Gasteiger partial charge on any atom is -0.493 e. The molecular weight excluding hydrogens is 306 g/mol. The van der Waals surface area contributed by atoms with Crippen molar-refractivity contribution in [1.29, 1.82) is 0 Å². The molecule has 1 aromatic carbocycles. The second kappa shape index (κ2) is 7.06. The topological polar surface area (TPSA) is 29.5 Å². The molecule has 0 amide bonds. The van der Waals surface area contributed by atoms with Crippen molar-refractivity contribution in [2.24, 2.45) is 0 Å². The molecule has 1 aliphatic heterocycles. The Morgan fingerprint density at radius 1 is 1.37 bits per heavy atom. The standard InChI is InChI=1S/C15H20BrNO2/c1-12(18)14-6-5-13(16)11-15(14)19-10-4-9-17-7-2-3-8-17/h5-6,11H,2-4,7-10H2,1H3. The molecular formula is C15H20BrNO2. The van der Waals surface area contributed by atoms with E-state index in [2.05, 4.69) is 20.8 Å². The van der Waals surface area contributed by atoms with Crippen LogP contribution in [-0.2, 0) is 0 Å². The fourth-order valence-electron chi connectivity index (χ4n) is 2.38.